The van der Waals surface area contributed by atoms with Crippen LogP contribution in [0.1, 0.15) is 18.9 Å². The smallest absolute Gasteiger partial charge is 0.146 e. The van der Waals surface area contributed by atoms with Gasteiger partial charge in [-0.25, -0.2) is 4.39 Å². The van der Waals surface area contributed by atoms with Gasteiger partial charge in [0.25, 0.3) is 0 Å². The SMILES string of the molecule is CCNCCCc1ccc(Br)c(Cl)c1F. The Morgan fingerprint density at radius 2 is 2.20 bits per heavy atom. The minimum absolute atomic E-state index is 0.177. The molecule has 0 aromatic heterocycles. The van der Waals surface area contributed by atoms with E-state index >= 15 is 0 Å². The Morgan fingerprint density at radius 3 is 2.87 bits per heavy atom. The second-order valence-electron chi connectivity index (χ2n) is 3.29. The van der Waals surface area contributed by atoms with Crippen molar-refractivity contribution in [3.8, 4) is 0 Å². The van der Waals surface area contributed by atoms with E-state index in [4.69, 9.17) is 11.6 Å². The quantitative estimate of drug-likeness (QED) is 0.644. The predicted octanol–water partition coefficient (Wildman–Crippen LogP) is 3.78. The van der Waals surface area contributed by atoms with Crippen LogP contribution >= 0.6 is 27.5 Å². The first-order chi connectivity index (χ1) is 7.16. The summed E-state index contributed by atoms with van der Waals surface area (Å²) in [6.45, 7) is 3.91. The summed E-state index contributed by atoms with van der Waals surface area (Å²) in [7, 11) is 0. The summed E-state index contributed by atoms with van der Waals surface area (Å²) in [5.41, 5.74) is 0.682. The lowest BCUT2D eigenvalue weighted by atomic mass is 10.1. The lowest BCUT2D eigenvalue weighted by Gasteiger charge is -2.06. The molecule has 0 fully saturated rings. The molecule has 0 atom stereocenters. The maximum Gasteiger partial charge on any atom is 0.146 e. The van der Waals surface area contributed by atoms with Gasteiger partial charge in [-0.15, -0.1) is 0 Å². The van der Waals surface area contributed by atoms with Crippen LogP contribution in [0.2, 0.25) is 5.02 Å². The molecule has 1 rings (SSSR count). The molecule has 0 radical (unpaired) electrons. The fourth-order valence-corrected chi connectivity index (χ4v) is 1.83. The molecular weight excluding hydrogens is 280 g/mol. The van der Waals surface area contributed by atoms with Crippen LogP contribution in [0.4, 0.5) is 4.39 Å². The second-order valence-corrected chi connectivity index (χ2v) is 4.52. The van der Waals surface area contributed by atoms with Gasteiger partial charge in [-0.05, 0) is 53.5 Å². The zero-order chi connectivity index (χ0) is 11.3. The van der Waals surface area contributed by atoms with Gasteiger partial charge < -0.3 is 5.32 Å². The third-order valence-corrected chi connectivity index (χ3v) is 3.42. The van der Waals surface area contributed by atoms with E-state index in [0.29, 0.717) is 16.5 Å². The molecule has 1 N–H and O–H groups in total. The number of benzene rings is 1. The molecule has 0 aliphatic rings. The molecule has 0 unspecified atom stereocenters. The summed E-state index contributed by atoms with van der Waals surface area (Å²) in [6, 6.07) is 3.56. The molecule has 1 aromatic carbocycles. The Hall–Kier alpha value is -0.120. The molecule has 0 saturated heterocycles. The molecule has 0 saturated carbocycles. The van der Waals surface area contributed by atoms with E-state index in [1.807, 2.05) is 0 Å². The number of aryl methyl sites for hydroxylation is 1. The summed E-state index contributed by atoms with van der Waals surface area (Å²) in [5.74, 6) is -0.303. The first-order valence-corrected chi connectivity index (χ1v) is 6.17. The highest BCUT2D eigenvalue weighted by atomic mass is 79.9. The van der Waals surface area contributed by atoms with Gasteiger partial charge in [-0.1, -0.05) is 24.6 Å². The van der Waals surface area contributed by atoms with E-state index in [2.05, 4.69) is 28.2 Å². The van der Waals surface area contributed by atoms with Crippen molar-refractivity contribution >= 4 is 27.5 Å². The average molecular weight is 295 g/mol. The number of nitrogens with one attached hydrogen (secondary N) is 1. The molecule has 4 heteroatoms. The van der Waals surface area contributed by atoms with E-state index in [1.54, 1.807) is 12.1 Å². The van der Waals surface area contributed by atoms with Gasteiger partial charge in [0, 0.05) is 4.47 Å². The molecular formula is C11H14BrClFN. The van der Waals surface area contributed by atoms with Crippen molar-refractivity contribution in [2.24, 2.45) is 0 Å². The van der Waals surface area contributed by atoms with E-state index < -0.39 is 0 Å². The highest BCUT2D eigenvalue weighted by Gasteiger charge is 2.09. The Bertz CT molecular complexity index is 331. The Labute approximate surface area is 103 Å². The standard InChI is InChI=1S/C11H14BrClFN/c1-2-15-7-3-4-8-5-6-9(12)10(13)11(8)14/h5-6,15H,2-4,7H2,1H3. The first-order valence-electron chi connectivity index (χ1n) is 5.00. The Morgan fingerprint density at radius 1 is 1.47 bits per heavy atom. The van der Waals surface area contributed by atoms with Gasteiger partial charge in [0.1, 0.15) is 5.82 Å². The third-order valence-electron chi connectivity index (χ3n) is 2.16. The van der Waals surface area contributed by atoms with Crippen LogP contribution in [0, 0.1) is 5.82 Å². The number of hydrogen-bond donors (Lipinski definition) is 1. The normalized spacial score (nSPS) is 10.7. The lowest BCUT2D eigenvalue weighted by molar-refractivity contribution is 0.596. The van der Waals surface area contributed by atoms with Gasteiger partial charge in [0.05, 0.1) is 5.02 Å². The van der Waals surface area contributed by atoms with Crippen molar-refractivity contribution < 1.29 is 4.39 Å². The molecule has 0 aliphatic carbocycles. The molecule has 15 heavy (non-hydrogen) atoms. The molecule has 0 heterocycles. The lowest BCUT2D eigenvalue weighted by Crippen LogP contribution is -2.14. The topological polar surface area (TPSA) is 12.0 Å². The minimum atomic E-state index is -0.303. The molecule has 0 spiro atoms. The highest BCUT2D eigenvalue weighted by molar-refractivity contribution is 9.10. The predicted molar refractivity (Wildman–Crippen MR) is 66.0 cm³/mol. The molecule has 1 aromatic rings. The van der Waals surface area contributed by atoms with Gasteiger partial charge in [0.2, 0.25) is 0 Å². The summed E-state index contributed by atoms with van der Waals surface area (Å²) < 4.78 is 14.2. The summed E-state index contributed by atoms with van der Waals surface area (Å²) in [4.78, 5) is 0. The maximum atomic E-state index is 13.6. The fraction of sp³-hybridized carbons (Fsp3) is 0.455. The van der Waals surface area contributed by atoms with Crippen molar-refractivity contribution in [1.82, 2.24) is 5.32 Å². The Kier molecular flexibility index (Phi) is 5.58. The number of halogens is 3. The molecule has 84 valence electrons. The fourth-order valence-electron chi connectivity index (χ4n) is 1.34. The number of rotatable bonds is 5. The van der Waals surface area contributed by atoms with Crippen LogP contribution in [-0.4, -0.2) is 13.1 Å². The first kappa shape index (κ1) is 12.9. The average Bonchev–Trinajstić information content (AvgIpc) is 2.24. The zero-order valence-corrected chi connectivity index (χ0v) is 11.0. The highest BCUT2D eigenvalue weighted by Crippen LogP contribution is 2.27. The summed E-state index contributed by atoms with van der Waals surface area (Å²) in [6.07, 6.45) is 1.63. The largest absolute Gasteiger partial charge is 0.317 e. The van der Waals surface area contributed by atoms with Crippen molar-refractivity contribution in [2.75, 3.05) is 13.1 Å². The third kappa shape index (κ3) is 3.74. The van der Waals surface area contributed by atoms with E-state index in [9.17, 15) is 4.39 Å². The summed E-state index contributed by atoms with van der Waals surface area (Å²) >= 11 is 8.97. The van der Waals surface area contributed by atoms with Crippen LogP contribution in [0.5, 0.6) is 0 Å². The van der Waals surface area contributed by atoms with E-state index in [0.717, 1.165) is 19.5 Å². The minimum Gasteiger partial charge on any atom is -0.317 e. The van der Waals surface area contributed by atoms with Crippen molar-refractivity contribution in [3.05, 3.63) is 33.0 Å². The van der Waals surface area contributed by atoms with Gasteiger partial charge in [-0.2, -0.15) is 0 Å². The van der Waals surface area contributed by atoms with Crippen LogP contribution in [0.15, 0.2) is 16.6 Å². The second kappa shape index (κ2) is 6.46. The van der Waals surface area contributed by atoms with Gasteiger partial charge in [0.15, 0.2) is 0 Å². The molecule has 0 aliphatic heterocycles. The Balaban J connectivity index is 2.58. The molecule has 1 nitrogen and oxygen atoms in total. The van der Waals surface area contributed by atoms with E-state index in [1.165, 1.54) is 0 Å². The van der Waals surface area contributed by atoms with Crippen LogP contribution in [0.25, 0.3) is 0 Å². The van der Waals surface area contributed by atoms with Gasteiger partial charge in [-0.3, -0.25) is 0 Å². The number of hydrogen-bond acceptors (Lipinski definition) is 1. The van der Waals surface area contributed by atoms with Crippen molar-refractivity contribution in [3.63, 3.8) is 0 Å². The van der Waals surface area contributed by atoms with Crippen LogP contribution in [0.3, 0.4) is 0 Å². The maximum absolute atomic E-state index is 13.6. The van der Waals surface area contributed by atoms with Gasteiger partial charge >= 0.3 is 0 Å². The zero-order valence-electron chi connectivity index (χ0n) is 8.62. The van der Waals surface area contributed by atoms with Crippen molar-refractivity contribution in [1.29, 1.82) is 0 Å². The van der Waals surface area contributed by atoms with E-state index in [-0.39, 0.29) is 10.8 Å². The van der Waals surface area contributed by atoms with Crippen LogP contribution < -0.4 is 5.32 Å². The van der Waals surface area contributed by atoms with Crippen molar-refractivity contribution in [2.45, 2.75) is 19.8 Å². The summed E-state index contributed by atoms with van der Waals surface area (Å²) in [5, 5.41) is 3.38. The molecule has 0 bridgehead atoms. The monoisotopic (exact) mass is 293 g/mol. The van der Waals surface area contributed by atoms with Crippen LogP contribution in [-0.2, 0) is 6.42 Å². The molecule has 0 amide bonds.